The molecule has 0 N–H and O–H groups in total. The van der Waals surface area contributed by atoms with Crippen LogP contribution in [0.5, 0.6) is 5.75 Å². The van der Waals surface area contributed by atoms with Crippen LogP contribution in [0.2, 0.25) is 0 Å². The minimum absolute atomic E-state index is 0.356. The summed E-state index contributed by atoms with van der Waals surface area (Å²) in [4.78, 5) is 16.4. The molecule has 3 rings (SSSR count). The zero-order chi connectivity index (χ0) is 16.1. The lowest BCUT2D eigenvalue weighted by Gasteiger charge is -2.05. The van der Waals surface area contributed by atoms with E-state index in [1.54, 1.807) is 41.8 Å². The molecule has 0 spiro atoms. The van der Waals surface area contributed by atoms with Crippen molar-refractivity contribution >= 4 is 28.5 Å². The van der Waals surface area contributed by atoms with E-state index in [2.05, 4.69) is 4.99 Å². The number of ether oxygens (including phenoxy) is 1. The summed E-state index contributed by atoms with van der Waals surface area (Å²) in [5, 5.41) is 2.94. The lowest BCUT2D eigenvalue weighted by atomic mass is 10.1. The molecule has 0 amide bonds. The maximum absolute atomic E-state index is 12.0. The zero-order valence-corrected chi connectivity index (χ0v) is 13.4. The van der Waals surface area contributed by atoms with Gasteiger partial charge in [-0.05, 0) is 66.4 Å². The topological polar surface area (TPSA) is 38.7 Å². The normalized spacial score (nSPS) is 10.8. The maximum Gasteiger partial charge on any atom is 0.343 e. The first-order chi connectivity index (χ1) is 11.2. The smallest absolute Gasteiger partial charge is 0.343 e. The Balaban J connectivity index is 1.65. The van der Waals surface area contributed by atoms with Crippen LogP contribution in [0.15, 0.2) is 71.0 Å². The number of aliphatic imine (C=N–C) groups is 1. The number of esters is 1. The molecule has 0 saturated carbocycles. The van der Waals surface area contributed by atoms with Gasteiger partial charge in [-0.1, -0.05) is 17.7 Å². The number of thiophene rings is 1. The van der Waals surface area contributed by atoms with Gasteiger partial charge in [-0.3, -0.25) is 0 Å². The van der Waals surface area contributed by atoms with Crippen LogP contribution >= 0.6 is 11.3 Å². The molecule has 0 fully saturated rings. The first kappa shape index (κ1) is 15.2. The van der Waals surface area contributed by atoms with Crippen molar-refractivity contribution in [3.05, 3.63) is 82.7 Å². The minimum atomic E-state index is -0.356. The van der Waals surface area contributed by atoms with E-state index in [4.69, 9.17) is 4.74 Å². The predicted octanol–water partition coefficient (Wildman–Crippen LogP) is 5.03. The Morgan fingerprint density at radius 2 is 1.78 bits per heavy atom. The lowest BCUT2D eigenvalue weighted by Crippen LogP contribution is -2.08. The largest absolute Gasteiger partial charge is 0.423 e. The Morgan fingerprint density at radius 1 is 1.04 bits per heavy atom. The van der Waals surface area contributed by atoms with Gasteiger partial charge in [0.1, 0.15) is 10.8 Å². The Kier molecular flexibility index (Phi) is 4.64. The second kappa shape index (κ2) is 7.03. The average Bonchev–Trinajstić information content (AvgIpc) is 3.08. The van der Waals surface area contributed by atoms with Crippen LogP contribution in [-0.4, -0.2) is 12.2 Å². The highest BCUT2D eigenvalue weighted by Crippen LogP contribution is 2.19. The molecule has 114 valence electrons. The average molecular weight is 321 g/mol. The van der Waals surface area contributed by atoms with Crippen LogP contribution in [-0.2, 0) is 0 Å². The van der Waals surface area contributed by atoms with E-state index in [1.807, 2.05) is 48.7 Å². The summed E-state index contributed by atoms with van der Waals surface area (Å²) < 4.78 is 5.36. The molecule has 0 atom stereocenters. The molecule has 0 aliphatic carbocycles. The molecule has 2 aromatic carbocycles. The fourth-order valence-corrected chi connectivity index (χ4v) is 2.53. The highest BCUT2D eigenvalue weighted by molar-refractivity contribution is 7.13. The van der Waals surface area contributed by atoms with E-state index in [-0.39, 0.29) is 5.97 Å². The summed E-state index contributed by atoms with van der Waals surface area (Å²) in [6.45, 7) is 1.98. The van der Waals surface area contributed by atoms with Gasteiger partial charge in [-0.2, -0.15) is 0 Å². The van der Waals surface area contributed by atoms with Crippen molar-refractivity contribution in [1.29, 1.82) is 0 Å². The van der Waals surface area contributed by atoms with Crippen molar-refractivity contribution in [3.63, 3.8) is 0 Å². The molecular formula is C19H15NO2S. The first-order valence-corrected chi connectivity index (χ1v) is 8.05. The van der Waals surface area contributed by atoms with Gasteiger partial charge in [-0.15, -0.1) is 11.3 Å². The number of aryl methyl sites for hydroxylation is 1. The summed E-state index contributed by atoms with van der Waals surface area (Å²) in [5.41, 5.74) is 2.60. The third-order valence-corrected chi connectivity index (χ3v) is 4.00. The molecule has 3 aromatic rings. The number of carbonyl (C=O) groups excluding carboxylic acids is 1. The molecule has 0 unspecified atom stereocenters. The molecule has 0 saturated heterocycles. The van der Waals surface area contributed by atoms with Crippen LogP contribution in [0.25, 0.3) is 0 Å². The van der Waals surface area contributed by atoms with Gasteiger partial charge in [0.05, 0.1) is 5.56 Å². The van der Waals surface area contributed by atoms with Gasteiger partial charge in [0, 0.05) is 6.21 Å². The lowest BCUT2D eigenvalue weighted by molar-refractivity contribution is 0.0735. The number of nitrogens with zero attached hydrogens (tertiary/aromatic N) is 1. The third-order valence-electron chi connectivity index (χ3n) is 3.22. The van der Waals surface area contributed by atoms with Gasteiger partial charge >= 0.3 is 5.97 Å². The van der Waals surface area contributed by atoms with Crippen molar-refractivity contribution < 1.29 is 9.53 Å². The summed E-state index contributed by atoms with van der Waals surface area (Å²) >= 11 is 1.59. The van der Waals surface area contributed by atoms with Crippen LogP contribution in [0.4, 0.5) is 5.00 Å². The van der Waals surface area contributed by atoms with E-state index < -0.39 is 0 Å². The fourth-order valence-electron chi connectivity index (χ4n) is 1.96. The molecule has 0 aliphatic heterocycles. The van der Waals surface area contributed by atoms with Gasteiger partial charge in [-0.25, -0.2) is 9.79 Å². The number of rotatable bonds is 4. The Bertz CT molecular complexity index is 804. The molecule has 23 heavy (non-hydrogen) atoms. The SMILES string of the molecule is Cc1ccc(C(=O)Oc2ccc(C=Nc3cccs3)cc2)cc1. The minimum Gasteiger partial charge on any atom is -0.423 e. The third kappa shape index (κ3) is 4.14. The summed E-state index contributed by atoms with van der Waals surface area (Å²) in [6.07, 6.45) is 1.79. The van der Waals surface area contributed by atoms with Crippen LogP contribution < -0.4 is 4.74 Å². The highest BCUT2D eigenvalue weighted by Gasteiger charge is 2.07. The standard InChI is InChI=1S/C19H15NO2S/c1-14-4-8-16(9-5-14)19(21)22-17-10-6-15(7-11-17)13-20-18-3-2-12-23-18/h2-13H,1H3. The van der Waals surface area contributed by atoms with Crippen LogP contribution in [0.3, 0.4) is 0 Å². The Morgan fingerprint density at radius 3 is 2.43 bits per heavy atom. The molecule has 1 aromatic heterocycles. The van der Waals surface area contributed by atoms with Crippen LogP contribution in [0.1, 0.15) is 21.5 Å². The molecule has 4 heteroatoms. The second-order valence-electron chi connectivity index (χ2n) is 5.03. The van der Waals surface area contributed by atoms with E-state index in [0.29, 0.717) is 11.3 Å². The molecule has 3 nitrogen and oxygen atoms in total. The summed E-state index contributed by atoms with van der Waals surface area (Å²) in [7, 11) is 0. The van der Waals surface area contributed by atoms with E-state index in [1.165, 1.54) is 0 Å². The summed E-state index contributed by atoms with van der Waals surface area (Å²) in [6, 6.07) is 18.5. The van der Waals surface area contributed by atoms with E-state index >= 15 is 0 Å². The molecule has 0 radical (unpaired) electrons. The molecular weight excluding hydrogens is 306 g/mol. The van der Waals surface area contributed by atoms with Crippen molar-refractivity contribution in [3.8, 4) is 5.75 Å². The highest BCUT2D eigenvalue weighted by atomic mass is 32.1. The van der Waals surface area contributed by atoms with Gasteiger partial charge in [0.2, 0.25) is 0 Å². The number of benzene rings is 2. The second-order valence-corrected chi connectivity index (χ2v) is 5.96. The quantitative estimate of drug-likeness (QED) is 0.384. The molecule has 0 bridgehead atoms. The van der Waals surface area contributed by atoms with Gasteiger partial charge in [0.15, 0.2) is 0 Å². The van der Waals surface area contributed by atoms with Crippen LogP contribution in [0, 0.1) is 6.92 Å². The molecule has 0 aliphatic rings. The monoisotopic (exact) mass is 321 g/mol. The van der Waals surface area contributed by atoms with E-state index in [9.17, 15) is 4.79 Å². The molecule has 1 heterocycles. The van der Waals surface area contributed by atoms with Gasteiger partial charge < -0.3 is 4.74 Å². The van der Waals surface area contributed by atoms with Crippen molar-refractivity contribution in [2.45, 2.75) is 6.92 Å². The first-order valence-electron chi connectivity index (χ1n) is 7.17. The van der Waals surface area contributed by atoms with Crippen molar-refractivity contribution in [1.82, 2.24) is 0 Å². The van der Waals surface area contributed by atoms with Crippen molar-refractivity contribution in [2.24, 2.45) is 4.99 Å². The zero-order valence-electron chi connectivity index (χ0n) is 12.6. The summed E-state index contributed by atoms with van der Waals surface area (Å²) in [5.74, 6) is 0.161. The predicted molar refractivity (Wildman–Crippen MR) is 94.2 cm³/mol. The van der Waals surface area contributed by atoms with Crippen molar-refractivity contribution in [2.75, 3.05) is 0 Å². The van der Waals surface area contributed by atoms with Gasteiger partial charge in [0.25, 0.3) is 0 Å². The number of carbonyl (C=O) groups is 1. The van der Waals surface area contributed by atoms with E-state index in [0.717, 1.165) is 16.1 Å². The fraction of sp³-hybridized carbons (Fsp3) is 0.0526. The maximum atomic E-state index is 12.0. The number of hydrogen-bond donors (Lipinski definition) is 0. The number of hydrogen-bond acceptors (Lipinski definition) is 4. The Labute approximate surface area is 138 Å². The Hall–Kier alpha value is -2.72.